The molecular formula is C16H14BrNO2. The topological polar surface area (TPSA) is 49.3 Å². The molecule has 0 saturated carbocycles. The number of hydrogen-bond acceptors (Lipinski definition) is 3. The van der Waals surface area contributed by atoms with Crippen molar-refractivity contribution in [3.05, 3.63) is 70.3 Å². The molecule has 0 aliphatic rings. The molecule has 20 heavy (non-hydrogen) atoms. The molecule has 0 radical (unpaired) electrons. The van der Waals surface area contributed by atoms with Gasteiger partial charge in [-0.05, 0) is 43.3 Å². The SMILES string of the molecule is C/C(=C/C(=O)c1ccc(Br)cc1)Nc1cccc(O)c1. The molecule has 0 saturated heterocycles. The lowest BCUT2D eigenvalue weighted by Gasteiger charge is -2.06. The van der Waals surface area contributed by atoms with Crippen LogP contribution in [0.2, 0.25) is 0 Å². The van der Waals surface area contributed by atoms with Gasteiger partial charge in [-0.3, -0.25) is 4.79 Å². The minimum Gasteiger partial charge on any atom is -0.508 e. The fourth-order valence-electron chi connectivity index (χ4n) is 1.74. The first kappa shape index (κ1) is 14.3. The highest BCUT2D eigenvalue weighted by Crippen LogP contribution is 2.17. The van der Waals surface area contributed by atoms with Gasteiger partial charge in [-0.25, -0.2) is 0 Å². The van der Waals surface area contributed by atoms with Crippen molar-refractivity contribution in [2.24, 2.45) is 0 Å². The summed E-state index contributed by atoms with van der Waals surface area (Å²) in [6, 6.07) is 14.0. The number of carbonyl (C=O) groups excluding carboxylic acids is 1. The zero-order chi connectivity index (χ0) is 14.5. The predicted octanol–water partition coefficient (Wildman–Crippen LogP) is 4.35. The Kier molecular flexibility index (Phi) is 4.58. The maximum Gasteiger partial charge on any atom is 0.187 e. The quantitative estimate of drug-likeness (QED) is 0.646. The van der Waals surface area contributed by atoms with Gasteiger partial charge in [-0.1, -0.05) is 22.0 Å². The van der Waals surface area contributed by atoms with E-state index in [0.717, 1.165) is 10.2 Å². The Balaban J connectivity index is 2.10. The second-order valence-corrected chi connectivity index (χ2v) is 5.29. The van der Waals surface area contributed by atoms with Crippen LogP contribution in [0, 0.1) is 0 Å². The fraction of sp³-hybridized carbons (Fsp3) is 0.0625. The molecule has 0 bridgehead atoms. The number of anilines is 1. The van der Waals surface area contributed by atoms with E-state index in [1.807, 2.05) is 18.2 Å². The monoisotopic (exact) mass is 331 g/mol. The largest absolute Gasteiger partial charge is 0.508 e. The van der Waals surface area contributed by atoms with Crippen LogP contribution in [0.15, 0.2) is 64.8 Å². The molecule has 0 spiro atoms. The van der Waals surface area contributed by atoms with Gasteiger partial charge in [0, 0.05) is 33.6 Å². The summed E-state index contributed by atoms with van der Waals surface area (Å²) >= 11 is 3.33. The molecule has 0 atom stereocenters. The summed E-state index contributed by atoms with van der Waals surface area (Å²) in [7, 11) is 0. The zero-order valence-electron chi connectivity index (χ0n) is 10.9. The van der Waals surface area contributed by atoms with Crippen LogP contribution in [-0.4, -0.2) is 10.9 Å². The van der Waals surface area contributed by atoms with Gasteiger partial charge in [0.25, 0.3) is 0 Å². The van der Waals surface area contributed by atoms with Crippen LogP contribution in [0.3, 0.4) is 0 Å². The highest BCUT2D eigenvalue weighted by Gasteiger charge is 2.03. The minimum absolute atomic E-state index is 0.0670. The van der Waals surface area contributed by atoms with Gasteiger partial charge in [0.15, 0.2) is 5.78 Å². The van der Waals surface area contributed by atoms with E-state index in [-0.39, 0.29) is 11.5 Å². The fourth-order valence-corrected chi connectivity index (χ4v) is 2.01. The van der Waals surface area contributed by atoms with Crippen molar-refractivity contribution in [2.75, 3.05) is 5.32 Å². The Morgan fingerprint density at radius 3 is 2.55 bits per heavy atom. The summed E-state index contributed by atoms with van der Waals surface area (Å²) < 4.78 is 0.938. The van der Waals surface area contributed by atoms with Crippen LogP contribution < -0.4 is 5.32 Å². The van der Waals surface area contributed by atoms with Gasteiger partial charge < -0.3 is 10.4 Å². The van der Waals surface area contributed by atoms with E-state index in [9.17, 15) is 9.90 Å². The summed E-state index contributed by atoms with van der Waals surface area (Å²) in [6.07, 6.45) is 1.54. The number of phenols is 1. The molecule has 4 heteroatoms. The molecule has 2 N–H and O–H groups in total. The highest BCUT2D eigenvalue weighted by molar-refractivity contribution is 9.10. The Morgan fingerprint density at radius 2 is 1.90 bits per heavy atom. The highest BCUT2D eigenvalue weighted by atomic mass is 79.9. The van der Waals surface area contributed by atoms with Crippen molar-refractivity contribution in [1.29, 1.82) is 0 Å². The Morgan fingerprint density at radius 1 is 1.20 bits per heavy atom. The molecule has 0 heterocycles. The first-order valence-electron chi connectivity index (χ1n) is 6.09. The lowest BCUT2D eigenvalue weighted by atomic mass is 10.1. The molecule has 102 valence electrons. The maximum atomic E-state index is 12.0. The van der Waals surface area contributed by atoms with Crippen LogP contribution >= 0.6 is 15.9 Å². The van der Waals surface area contributed by atoms with Crippen LogP contribution in [0.1, 0.15) is 17.3 Å². The van der Waals surface area contributed by atoms with Gasteiger partial charge in [-0.15, -0.1) is 0 Å². The summed E-state index contributed by atoms with van der Waals surface area (Å²) in [5, 5.41) is 12.4. The number of hydrogen-bond donors (Lipinski definition) is 2. The molecule has 2 aromatic carbocycles. The molecule has 3 nitrogen and oxygen atoms in total. The summed E-state index contributed by atoms with van der Waals surface area (Å²) in [6.45, 7) is 1.81. The number of nitrogens with one attached hydrogen (secondary N) is 1. The predicted molar refractivity (Wildman–Crippen MR) is 84.0 cm³/mol. The van der Waals surface area contributed by atoms with Gasteiger partial charge in [0.1, 0.15) is 5.75 Å². The van der Waals surface area contributed by atoms with E-state index in [2.05, 4.69) is 21.2 Å². The Labute approximate surface area is 126 Å². The molecule has 0 fully saturated rings. The molecule has 0 aromatic heterocycles. The molecule has 0 aliphatic carbocycles. The summed E-state index contributed by atoms with van der Waals surface area (Å²) in [4.78, 5) is 12.0. The van der Waals surface area contributed by atoms with Crippen molar-refractivity contribution < 1.29 is 9.90 Å². The Hall–Kier alpha value is -2.07. The minimum atomic E-state index is -0.0670. The van der Waals surface area contributed by atoms with Gasteiger partial charge in [0.05, 0.1) is 0 Å². The van der Waals surface area contributed by atoms with E-state index >= 15 is 0 Å². The number of rotatable bonds is 4. The first-order chi connectivity index (χ1) is 9.54. The lowest BCUT2D eigenvalue weighted by molar-refractivity contribution is 0.104. The van der Waals surface area contributed by atoms with Gasteiger partial charge in [-0.2, -0.15) is 0 Å². The van der Waals surface area contributed by atoms with Crippen molar-refractivity contribution in [3.63, 3.8) is 0 Å². The second-order valence-electron chi connectivity index (χ2n) is 4.37. The normalized spacial score (nSPS) is 11.2. The summed E-state index contributed by atoms with van der Waals surface area (Å²) in [5.74, 6) is 0.115. The number of carbonyl (C=O) groups is 1. The van der Waals surface area contributed by atoms with Crippen molar-refractivity contribution >= 4 is 27.4 Å². The number of allylic oxidation sites excluding steroid dienone is 2. The molecule has 2 rings (SSSR count). The smallest absolute Gasteiger partial charge is 0.187 e. The number of aromatic hydroxyl groups is 1. The molecule has 0 unspecified atom stereocenters. The Bertz CT molecular complexity index is 648. The summed E-state index contributed by atoms with van der Waals surface area (Å²) in [5.41, 5.74) is 2.08. The zero-order valence-corrected chi connectivity index (χ0v) is 12.5. The molecule has 0 aliphatic heterocycles. The van der Waals surface area contributed by atoms with E-state index < -0.39 is 0 Å². The van der Waals surface area contributed by atoms with Crippen LogP contribution in [0.25, 0.3) is 0 Å². The van der Waals surface area contributed by atoms with Crippen molar-refractivity contribution in [3.8, 4) is 5.75 Å². The van der Waals surface area contributed by atoms with Gasteiger partial charge in [0.2, 0.25) is 0 Å². The van der Waals surface area contributed by atoms with Crippen LogP contribution in [0.4, 0.5) is 5.69 Å². The van der Waals surface area contributed by atoms with E-state index in [4.69, 9.17) is 0 Å². The number of ketones is 1. The first-order valence-corrected chi connectivity index (χ1v) is 6.88. The van der Waals surface area contributed by atoms with E-state index in [1.54, 1.807) is 37.3 Å². The molecular weight excluding hydrogens is 318 g/mol. The van der Waals surface area contributed by atoms with E-state index in [1.165, 1.54) is 6.08 Å². The third-order valence-electron chi connectivity index (χ3n) is 2.66. The third kappa shape index (κ3) is 3.96. The standard InChI is InChI=1S/C16H14BrNO2/c1-11(18-14-3-2-4-15(19)10-14)9-16(20)12-5-7-13(17)8-6-12/h2-10,18-19H,1H3/b11-9-. The van der Waals surface area contributed by atoms with Gasteiger partial charge >= 0.3 is 0 Å². The van der Waals surface area contributed by atoms with E-state index in [0.29, 0.717) is 11.3 Å². The number of benzene rings is 2. The van der Waals surface area contributed by atoms with Crippen LogP contribution in [-0.2, 0) is 0 Å². The molecule has 0 amide bonds. The van der Waals surface area contributed by atoms with Crippen LogP contribution in [0.5, 0.6) is 5.75 Å². The molecule has 2 aromatic rings. The van der Waals surface area contributed by atoms with Crippen molar-refractivity contribution in [1.82, 2.24) is 0 Å². The average molecular weight is 332 g/mol. The number of halogens is 1. The van der Waals surface area contributed by atoms with Crippen molar-refractivity contribution in [2.45, 2.75) is 6.92 Å². The third-order valence-corrected chi connectivity index (χ3v) is 3.19. The number of phenolic OH excluding ortho intramolecular Hbond substituents is 1. The maximum absolute atomic E-state index is 12.0. The average Bonchev–Trinajstić information content (AvgIpc) is 2.39. The second kappa shape index (κ2) is 6.39. The lowest BCUT2D eigenvalue weighted by Crippen LogP contribution is -2.01.